The van der Waals surface area contributed by atoms with Gasteiger partial charge in [0.1, 0.15) is 0 Å². The van der Waals surface area contributed by atoms with Crippen molar-refractivity contribution in [1.29, 1.82) is 0 Å². The highest BCUT2D eigenvalue weighted by molar-refractivity contribution is 6.35. The van der Waals surface area contributed by atoms with E-state index in [1.54, 1.807) is 0 Å². The molecule has 2 N–H and O–H groups in total. The predicted molar refractivity (Wildman–Crippen MR) is 73.6 cm³/mol. The molecule has 1 aromatic rings. The summed E-state index contributed by atoms with van der Waals surface area (Å²) in [5, 5.41) is 1.44. The Morgan fingerprint density at radius 2 is 2.18 bits per heavy atom. The van der Waals surface area contributed by atoms with E-state index >= 15 is 0 Å². The monoisotopic (exact) mass is 272 g/mol. The Balaban J connectivity index is 2.34. The summed E-state index contributed by atoms with van der Waals surface area (Å²) in [6.07, 6.45) is 1.15. The molecule has 0 radical (unpaired) electrons. The van der Waals surface area contributed by atoms with Crippen molar-refractivity contribution in [3.63, 3.8) is 0 Å². The van der Waals surface area contributed by atoms with Gasteiger partial charge in [-0.15, -0.1) is 0 Å². The van der Waals surface area contributed by atoms with Crippen molar-refractivity contribution in [2.75, 3.05) is 19.6 Å². The molecule has 0 aromatic heterocycles. The van der Waals surface area contributed by atoms with E-state index in [0.29, 0.717) is 23.5 Å². The highest BCUT2D eigenvalue weighted by Crippen LogP contribution is 2.40. The highest BCUT2D eigenvalue weighted by atomic mass is 35.5. The van der Waals surface area contributed by atoms with Gasteiger partial charge in [0.15, 0.2) is 0 Å². The summed E-state index contributed by atoms with van der Waals surface area (Å²) in [6.45, 7) is 5.01. The lowest BCUT2D eigenvalue weighted by atomic mass is 9.94. The van der Waals surface area contributed by atoms with Crippen molar-refractivity contribution < 1.29 is 0 Å². The van der Waals surface area contributed by atoms with Gasteiger partial charge in [-0.3, -0.25) is 4.90 Å². The lowest BCUT2D eigenvalue weighted by molar-refractivity contribution is 0.242. The molecule has 2 nitrogen and oxygen atoms in total. The molecule has 17 heavy (non-hydrogen) atoms. The van der Waals surface area contributed by atoms with Gasteiger partial charge in [0, 0.05) is 16.1 Å². The molecular formula is C13H18Cl2N2. The van der Waals surface area contributed by atoms with Crippen molar-refractivity contribution in [3.05, 3.63) is 33.8 Å². The average Bonchev–Trinajstić information content (AvgIpc) is 2.71. The summed E-state index contributed by atoms with van der Waals surface area (Å²) in [5.74, 6) is 0.494. The summed E-state index contributed by atoms with van der Waals surface area (Å²) >= 11 is 12.2. The molecule has 1 aromatic carbocycles. The largest absolute Gasteiger partial charge is 0.330 e. The molecule has 0 spiro atoms. The Labute approximate surface area is 113 Å². The van der Waals surface area contributed by atoms with Crippen LogP contribution in [0.25, 0.3) is 0 Å². The maximum absolute atomic E-state index is 6.30. The predicted octanol–water partition coefficient (Wildman–Crippen LogP) is 3.34. The third-order valence-corrected chi connectivity index (χ3v) is 4.18. The minimum atomic E-state index is 0.342. The number of hydrogen-bond donors (Lipinski definition) is 1. The van der Waals surface area contributed by atoms with E-state index in [1.165, 1.54) is 0 Å². The molecule has 0 saturated carbocycles. The Morgan fingerprint density at radius 3 is 2.76 bits per heavy atom. The Hall–Kier alpha value is -0.280. The van der Waals surface area contributed by atoms with Crippen LogP contribution in [0.2, 0.25) is 10.0 Å². The van der Waals surface area contributed by atoms with Crippen LogP contribution in [0.5, 0.6) is 0 Å². The lowest BCUT2D eigenvalue weighted by Crippen LogP contribution is -2.28. The summed E-state index contributed by atoms with van der Waals surface area (Å²) in [7, 11) is 0. The van der Waals surface area contributed by atoms with Gasteiger partial charge >= 0.3 is 0 Å². The van der Waals surface area contributed by atoms with Crippen molar-refractivity contribution in [2.45, 2.75) is 19.4 Å². The van der Waals surface area contributed by atoms with Crippen LogP contribution < -0.4 is 5.73 Å². The smallest absolute Gasteiger partial charge is 0.0468 e. The zero-order chi connectivity index (χ0) is 12.4. The van der Waals surface area contributed by atoms with Crippen LogP contribution >= 0.6 is 23.2 Å². The molecule has 4 heteroatoms. The molecule has 0 aliphatic carbocycles. The van der Waals surface area contributed by atoms with Crippen molar-refractivity contribution >= 4 is 23.2 Å². The Kier molecular flexibility index (Phi) is 4.31. The van der Waals surface area contributed by atoms with Crippen LogP contribution in [0.15, 0.2) is 18.2 Å². The second-order valence-corrected chi connectivity index (χ2v) is 5.37. The SMILES string of the molecule is CCN1CCC(CN)C1c1ccc(Cl)cc1Cl. The molecule has 1 aliphatic heterocycles. The Morgan fingerprint density at radius 1 is 1.41 bits per heavy atom. The first-order chi connectivity index (χ1) is 8.17. The number of rotatable bonds is 3. The van der Waals surface area contributed by atoms with Gasteiger partial charge in [-0.05, 0) is 49.7 Å². The zero-order valence-corrected chi connectivity index (χ0v) is 11.5. The molecule has 2 rings (SSSR count). The van der Waals surface area contributed by atoms with E-state index < -0.39 is 0 Å². The standard InChI is InChI=1S/C13H18Cl2N2/c1-2-17-6-5-9(8-16)13(17)11-4-3-10(14)7-12(11)15/h3-4,7,9,13H,2,5-6,8,16H2,1H3. The summed E-state index contributed by atoms with van der Waals surface area (Å²) in [6, 6.07) is 6.10. The highest BCUT2D eigenvalue weighted by Gasteiger charge is 2.34. The first kappa shape index (κ1) is 13.2. The molecule has 1 saturated heterocycles. The zero-order valence-electron chi connectivity index (χ0n) is 10.00. The van der Waals surface area contributed by atoms with Crippen LogP contribution in [0.3, 0.4) is 0 Å². The third-order valence-electron chi connectivity index (χ3n) is 3.62. The maximum Gasteiger partial charge on any atom is 0.0468 e. The Bertz CT molecular complexity index is 383. The second-order valence-electron chi connectivity index (χ2n) is 4.52. The van der Waals surface area contributed by atoms with E-state index in [0.717, 1.165) is 30.1 Å². The molecular weight excluding hydrogens is 255 g/mol. The fourth-order valence-electron chi connectivity index (χ4n) is 2.72. The van der Waals surface area contributed by atoms with Crippen LogP contribution in [0.1, 0.15) is 24.9 Å². The first-order valence-corrected chi connectivity index (χ1v) is 6.82. The third kappa shape index (κ3) is 2.60. The van der Waals surface area contributed by atoms with Crippen molar-refractivity contribution in [2.24, 2.45) is 11.7 Å². The summed E-state index contributed by atoms with van der Waals surface area (Å²) < 4.78 is 0. The number of nitrogens with two attached hydrogens (primary N) is 1. The minimum absolute atomic E-state index is 0.342. The van der Waals surface area contributed by atoms with Crippen LogP contribution in [-0.2, 0) is 0 Å². The molecule has 2 atom stereocenters. The van der Waals surface area contributed by atoms with E-state index in [4.69, 9.17) is 28.9 Å². The first-order valence-electron chi connectivity index (χ1n) is 6.06. The van der Waals surface area contributed by atoms with Gasteiger partial charge < -0.3 is 5.73 Å². The number of likely N-dealkylation sites (tertiary alicyclic amines) is 1. The average molecular weight is 273 g/mol. The number of hydrogen-bond acceptors (Lipinski definition) is 2. The lowest BCUT2D eigenvalue weighted by Gasteiger charge is -2.28. The van der Waals surface area contributed by atoms with E-state index in [-0.39, 0.29) is 0 Å². The van der Waals surface area contributed by atoms with Gasteiger partial charge in [0.05, 0.1) is 0 Å². The van der Waals surface area contributed by atoms with E-state index in [1.807, 2.05) is 18.2 Å². The van der Waals surface area contributed by atoms with Crippen LogP contribution in [-0.4, -0.2) is 24.5 Å². The van der Waals surface area contributed by atoms with Crippen LogP contribution in [0.4, 0.5) is 0 Å². The normalized spacial score (nSPS) is 25.4. The quantitative estimate of drug-likeness (QED) is 0.915. The van der Waals surface area contributed by atoms with E-state index in [2.05, 4.69) is 11.8 Å². The van der Waals surface area contributed by atoms with Gasteiger partial charge in [-0.1, -0.05) is 36.2 Å². The fraction of sp³-hybridized carbons (Fsp3) is 0.538. The molecule has 2 unspecified atom stereocenters. The topological polar surface area (TPSA) is 29.3 Å². The van der Waals surface area contributed by atoms with Gasteiger partial charge in [-0.25, -0.2) is 0 Å². The maximum atomic E-state index is 6.30. The van der Waals surface area contributed by atoms with Crippen LogP contribution in [0, 0.1) is 5.92 Å². The minimum Gasteiger partial charge on any atom is -0.330 e. The van der Waals surface area contributed by atoms with Crippen molar-refractivity contribution in [3.8, 4) is 0 Å². The second kappa shape index (κ2) is 5.57. The molecule has 1 fully saturated rings. The van der Waals surface area contributed by atoms with Gasteiger partial charge in [0.25, 0.3) is 0 Å². The van der Waals surface area contributed by atoms with Gasteiger partial charge in [-0.2, -0.15) is 0 Å². The van der Waals surface area contributed by atoms with Crippen molar-refractivity contribution in [1.82, 2.24) is 4.90 Å². The molecule has 1 aliphatic rings. The van der Waals surface area contributed by atoms with Gasteiger partial charge in [0.2, 0.25) is 0 Å². The molecule has 94 valence electrons. The summed E-state index contributed by atoms with van der Waals surface area (Å²) in [4.78, 5) is 2.44. The summed E-state index contributed by atoms with van der Waals surface area (Å²) in [5.41, 5.74) is 7.02. The number of nitrogens with zero attached hydrogens (tertiary/aromatic N) is 1. The molecule has 0 bridgehead atoms. The van der Waals surface area contributed by atoms with E-state index in [9.17, 15) is 0 Å². The number of benzene rings is 1. The fourth-order valence-corrected chi connectivity index (χ4v) is 3.24. The molecule has 1 heterocycles. The number of halogens is 2. The molecule has 0 amide bonds.